The average molecular weight is 517 g/mol. The number of amides is 1. The zero-order valence-corrected chi connectivity index (χ0v) is 21.4. The second-order valence-electron chi connectivity index (χ2n) is 9.75. The summed E-state index contributed by atoms with van der Waals surface area (Å²) in [7, 11) is 0.516. The Morgan fingerprint density at radius 2 is 1.59 bits per heavy atom. The van der Waals surface area contributed by atoms with E-state index in [0.717, 1.165) is 11.1 Å². The van der Waals surface area contributed by atoms with E-state index >= 15 is 0 Å². The molecule has 2 aliphatic heterocycles. The second kappa shape index (κ2) is 10.0. The number of aliphatic hydroxyl groups is 1. The summed E-state index contributed by atoms with van der Waals surface area (Å²) in [5.74, 6) is 1.61. The highest BCUT2D eigenvalue weighted by atomic mass is 32.2. The minimum absolute atomic E-state index is 0.111. The number of carbonyl (C=O) groups excluding carboxylic acids is 1. The van der Waals surface area contributed by atoms with Crippen molar-refractivity contribution < 1.29 is 23.6 Å². The van der Waals surface area contributed by atoms with E-state index in [1.165, 1.54) is 0 Å². The summed E-state index contributed by atoms with van der Waals surface area (Å²) in [5.41, 5.74) is 1.30. The molecule has 1 atom stereocenters. The molecule has 0 radical (unpaired) electrons. The molecule has 7 nitrogen and oxygen atoms in total. The van der Waals surface area contributed by atoms with Gasteiger partial charge in [-0.05, 0) is 66.1 Å². The highest BCUT2D eigenvalue weighted by molar-refractivity contribution is 7.86. The van der Waals surface area contributed by atoms with Crippen LogP contribution in [-0.4, -0.2) is 64.0 Å². The minimum atomic E-state index is -1.14. The van der Waals surface area contributed by atoms with Crippen LogP contribution in [0.25, 0.3) is 11.1 Å². The normalized spacial score (nSPS) is 24.7. The molecule has 0 spiro atoms. The average Bonchev–Trinajstić information content (AvgIpc) is 3.37. The first kappa shape index (κ1) is 25.0. The molecule has 2 heterocycles. The van der Waals surface area contributed by atoms with Crippen LogP contribution in [0.2, 0.25) is 0 Å². The summed E-state index contributed by atoms with van der Waals surface area (Å²) in [4.78, 5) is 15.0. The predicted molar refractivity (Wildman–Crippen MR) is 141 cm³/mol. The molecule has 190 valence electrons. The maximum Gasteiger partial charge on any atom is 0.253 e. The lowest BCUT2D eigenvalue weighted by Crippen LogP contribution is -2.65. The number of hydrogen-bond acceptors (Lipinski definition) is 6. The molecule has 0 saturated carbocycles. The van der Waals surface area contributed by atoms with Crippen LogP contribution in [0.3, 0.4) is 0 Å². The lowest BCUT2D eigenvalue weighted by Gasteiger charge is -2.49. The van der Waals surface area contributed by atoms with Gasteiger partial charge in [0.05, 0.1) is 47.9 Å². The highest BCUT2D eigenvalue weighted by Crippen LogP contribution is 2.46. The summed E-state index contributed by atoms with van der Waals surface area (Å²) in [6.07, 6.45) is 0.561. The van der Waals surface area contributed by atoms with E-state index < -0.39 is 21.8 Å². The van der Waals surface area contributed by atoms with Gasteiger partial charge in [-0.2, -0.15) is 5.26 Å². The summed E-state index contributed by atoms with van der Waals surface area (Å²) >= 11 is 0. The summed E-state index contributed by atoms with van der Waals surface area (Å²) < 4.78 is 23.4. The Hall–Kier alpha value is -3.67. The Bertz CT molecular complexity index is 1340. The van der Waals surface area contributed by atoms with Gasteiger partial charge in [0.25, 0.3) is 5.91 Å². The first-order chi connectivity index (χ1) is 17.8. The molecule has 3 aromatic carbocycles. The number of rotatable bonds is 7. The molecule has 1 N–H and O–H groups in total. The van der Waals surface area contributed by atoms with Crippen LogP contribution in [0, 0.1) is 16.7 Å². The van der Waals surface area contributed by atoms with Crippen LogP contribution in [0.5, 0.6) is 11.5 Å². The van der Waals surface area contributed by atoms with Gasteiger partial charge in [-0.15, -0.1) is 0 Å². The van der Waals surface area contributed by atoms with Crippen LogP contribution < -0.4 is 9.47 Å². The maximum absolute atomic E-state index is 13.2. The van der Waals surface area contributed by atoms with E-state index in [4.69, 9.17) is 14.7 Å². The molecule has 2 aliphatic rings. The van der Waals surface area contributed by atoms with Crippen molar-refractivity contribution in [2.45, 2.75) is 12.0 Å². The number of ether oxygens (including phenoxy) is 2. The molecule has 0 bridgehead atoms. The van der Waals surface area contributed by atoms with Crippen molar-refractivity contribution in [3.8, 4) is 28.7 Å². The molecule has 3 aromatic rings. The molecule has 5 rings (SSSR count). The maximum atomic E-state index is 13.2. The van der Waals surface area contributed by atoms with Crippen molar-refractivity contribution >= 4 is 16.7 Å². The van der Waals surface area contributed by atoms with Crippen LogP contribution in [-0.2, 0) is 10.8 Å². The van der Waals surface area contributed by atoms with Gasteiger partial charge in [-0.1, -0.05) is 24.3 Å². The summed E-state index contributed by atoms with van der Waals surface area (Å²) in [6, 6.07) is 24.1. The number of methoxy groups -OCH3 is 1. The van der Waals surface area contributed by atoms with Crippen molar-refractivity contribution in [2.75, 3.05) is 38.3 Å². The van der Waals surface area contributed by atoms with Crippen LogP contribution >= 0.6 is 0 Å². The number of likely N-dealkylation sites (tertiary alicyclic amines) is 1. The molecule has 2 fully saturated rings. The fourth-order valence-electron chi connectivity index (χ4n) is 5.09. The van der Waals surface area contributed by atoms with Crippen molar-refractivity contribution in [2.24, 2.45) is 5.41 Å². The van der Waals surface area contributed by atoms with E-state index in [-0.39, 0.29) is 24.0 Å². The lowest BCUT2D eigenvalue weighted by atomic mass is 9.72. The van der Waals surface area contributed by atoms with Crippen molar-refractivity contribution in [1.29, 1.82) is 5.26 Å². The zero-order chi connectivity index (χ0) is 26.0. The monoisotopic (exact) mass is 516 g/mol. The SMILES string of the molecule is COc1ccc(C(=O)N2CCC(COc3ccc(-c4ccc(C#N)cc4)cc3)(C3(O)CS(=O)C3)C2)cc1. The van der Waals surface area contributed by atoms with Gasteiger partial charge in [0, 0.05) is 29.5 Å². The van der Waals surface area contributed by atoms with Crippen molar-refractivity contribution in [3.63, 3.8) is 0 Å². The number of nitriles is 1. The Labute approximate surface area is 218 Å². The summed E-state index contributed by atoms with van der Waals surface area (Å²) in [6.45, 7) is 1.03. The van der Waals surface area contributed by atoms with E-state index in [2.05, 4.69) is 6.07 Å². The highest BCUT2D eigenvalue weighted by Gasteiger charge is 2.60. The minimum Gasteiger partial charge on any atom is -0.497 e. The molecule has 1 amide bonds. The number of hydrogen-bond donors (Lipinski definition) is 1. The first-order valence-corrected chi connectivity index (χ1v) is 13.6. The zero-order valence-electron chi connectivity index (χ0n) is 20.6. The van der Waals surface area contributed by atoms with Gasteiger partial charge < -0.3 is 19.5 Å². The fraction of sp³-hybridized carbons (Fsp3) is 0.310. The predicted octanol–water partition coefficient (Wildman–Crippen LogP) is 3.64. The topological polar surface area (TPSA) is 99.9 Å². The van der Waals surface area contributed by atoms with Crippen molar-refractivity contribution in [3.05, 3.63) is 83.9 Å². The number of carbonyl (C=O) groups is 1. The van der Waals surface area contributed by atoms with Crippen molar-refractivity contribution in [1.82, 2.24) is 4.90 Å². The summed E-state index contributed by atoms with van der Waals surface area (Å²) in [5, 5.41) is 20.4. The van der Waals surface area contributed by atoms with Gasteiger partial charge in [-0.3, -0.25) is 9.00 Å². The number of benzene rings is 3. The van der Waals surface area contributed by atoms with Crippen LogP contribution in [0.4, 0.5) is 0 Å². The molecule has 37 heavy (non-hydrogen) atoms. The molecule has 8 heteroatoms. The molecule has 0 aliphatic carbocycles. The Morgan fingerprint density at radius 3 is 2.16 bits per heavy atom. The molecule has 0 aromatic heterocycles. The van der Waals surface area contributed by atoms with E-state index in [0.29, 0.717) is 42.1 Å². The molecular formula is C29H28N2O5S. The smallest absolute Gasteiger partial charge is 0.253 e. The van der Waals surface area contributed by atoms with E-state index in [1.807, 2.05) is 36.4 Å². The van der Waals surface area contributed by atoms with E-state index in [1.54, 1.807) is 48.4 Å². The lowest BCUT2D eigenvalue weighted by molar-refractivity contribution is -0.0739. The van der Waals surface area contributed by atoms with Gasteiger partial charge in [0.15, 0.2) is 0 Å². The Morgan fingerprint density at radius 1 is 1.00 bits per heavy atom. The van der Waals surface area contributed by atoms with Crippen LogP contribution in [0.15, 0.2) is 72.8 Å². The van der Waals surface area contributed by atoms with E-state index in [9.17, 15) is 14.1 Å². The second-order valence-corrected chi connectivity index (χ2v) is 11.2. The molecular weight excluding hydrogens is 488 g/mol. The number of nitrogens with zero attached hydrogens (tertiary/aromatic N) is 2. The Balaban J connectivity index is 1.31. The third-order valence-corrected chi connectivity index (χ3v) is 9.08. The molecule has 2 saturated heterocycles. The largest absolute Gasteiger partial charge is 0.497 e. The molecule has 1 unspecified atom stereocenters. The quantitative estimate of drug-likeness (QED) is 0.515. The first-order valence-electron chi connectivity index (χ1n) is 12.1. The Kier molecular flexibility index (Phi) is 6.76. The third-order valence-electron chi connectivity index (χ3n) is 7.48. The van der Waals surface area contributed by atoms with Crippen LogP contribution in [0.1, 0.15) is 22.3 Å². The van der Waals surface area contributed by atoms with Gasteiger partial charge >= 0.3 is 0 Å². The van der Waals surface area contributed by atoms with Gasteiger partial charge in [-0.25, -0.2) is 0 Å². The fourth-order valence-corrected chi connectivity index (χ4v) is 6.69. The third kappa shape index (κ3) is 4.85. The van der Waals surface area contributed by atoms with Gasteiger partial charge in [0.2, 0.25) is 0 Å². The van der Waals surface area contributed by atoms with Gasteiger partial charge in [0.1, 0.15) is 11.5 Å². The standard InChI is InChI=1S/C29H28N2O5S/c1-35-25-10-8-24(9-11-25)27(32)31-15-14-28(17-31,29(33)19-37(34)20-29)18-36-26-12-6-23(7-13-26)22-4-2-21(16-30)3-5-22/h2-13,33H,14-15,17-20H2,1H3.